The zero-order valence-corrected chi connectivity index (χ0v) is 11.9. The number of hydrogen-bond donors (Lipinski definition) is 2. The van der Waals surface area contributed by atoms with Crippen molar-refractivity contribution in [1.29, 1.82) is 0 Å². The summed E-state index contributed by atoms with van der Waals surface area (Å²) in [6, 6.07) is 16.1. The molecule has 0 saturated heterocycles. The molecule has 3 rings (SSSR count). The van der Waals surface area contributed by atoms with Crippen molar-refractivity contribution in [2.45, 2.75) is 19.1 Å². The van der Waals surface area contributed by atoms with E-state index in [0.29, 0.717) is 17.3 Å². The summed E-state index contributed by atoms with van der Waals surface area (Å²) in [5.74, 6) is 0. The summed E-state index contributed by atoms with van der Waals surface area (Å²) in [5.41, 5.74) is 0.508. The number of aromatic amines is 1. The molecule has 0 radical (unpaired) electrons. The molecule has 0 aliphatic carbocycles. The topological polar surface area (TPSA) is 75.1 Å². The third-order valence-corrected chi connectivity index (χ3v) is 3.70. The summed E-state index contributed by atoms with van der Waals surface area (Å²) < 4.78 is 1.13. The van der Waals surface area contributed by atoms with E-state index in [-0.39, 0.29) is 12.1 Å². The Bertz CT molecular complexity index is 897. The van der Waals surface area contributed by atoms with Gasteiger partial charge in [-0.1, -0.05) is 42.5 Å². The molecule has 1 heterocycles. The van der Waals surface area contributed by atoms with Gasteiger partial charge in [-0.3, -0.25) is 9.36 Å². The molecular weight excluding hydrogens is 280 g/mol. The molecule has 2 N–H and O–H groups in total. The van der Waals surface area contributed by atoms with E-state index < -0.39 is 11.8 Å². The Morgan fingerprint density at radius 1 is 1.00 bits per heavy atom. The van der Waals surface area contributed by atoms with E-state index in [2.05, 4.69) is 4.98 Å². The second-order valence-corrected chi connectivity index (χ2v) is 5.15. The SMILES string of the molecule is O=c1[nH]c2ccccc2c(=O)n1CC[C@@H](O)c1ccccc1. The molecule has 0 bridgehead atoms. The minimum Gasteiger partial charge on any atom is -0.388 e. The molecule has 112 valence electrons. The largest absolute Gasteiger partial charge is 0.388 e. The molecule has 5 nitrogen and oxygen atoms in total. The number of rotatable bonds is 4. The van der Waals surface area contributed by atoms with Crippen LogP contribution >= 0.6 is 0 Å². The number of aromatic nitrogens is 2. The van der Waals surface area contributed by atoms with Crippen molar-refractivity contribution in [2.75, 3.05) is 0 Å². The molecule has 22 heavy (non-hydrogen) atoms. The predicted molar refractivity (Wildman–Crippen MR) is 84.8 cm³/mol. The van der Waals surface area contributed by atoms with Crippen molar-refractivity contribution in [2.24, 2.45) is 0 Å². The number of nitrogens with one attached hydrogen (secondary N) is 1. The van der Waals surface area contributed by atoms with E-state index in [4.69, 9.17) is 0 Å². The van der Waals surface area contributed by atoms with E-state index in [0.717, 1.165) is 10.1 Å². The highest BCUT2D eigenvalue weighted by Gasteiger charge is 2.11. The number of benzene rings is 2. The zero-order chi connectivity index (χ0) is 15.5. The maximum atomic E-state index is 12.4. The highest BCUT2D eigenvalue weighted by molar-refractivity contribution is 5.76. The lowest BCUT2D eigenvalue weighted by atomic mass is 10.1. The molecule has 0 amide bonds. The van der Waals surface area contributed by atoms with Crippen LogP contribution in [0.2, 0.25) is 0 Å². The Morgan fingerprint density at radius 2 is 1.68 bits per heavy atom. The smallest absolute Gasteiger partial charge is 0.328 e. The fourth-order valence-electron chi connectivity index (χ4n) is 2.50. The maximum absolute atomic E-state index is 12.4. The standard InChI is InChI=1S/C17H16N2O3/c20-15(12-6-2-1-3-7-12)10-11-19-16(21)13-8-4-5-9-14(13)18-17(19)22/h1-9,15,20H,10-11H2,(H,18,22)/t15-/m1/s1. The first-order chi connectivity index (χ1) is 10.7. The van der Waals surface area contributed by atoms with Crippen LogP contribution in [0, 0.1) is 0 Å². The highest BCUT2D eigenvalue weighted by atomic mass is 16.3. The van der Waals surface area contributed by atoms with Crippen LogP contribution in [0.25, 0.3) is 10.9 Å². The summed E-state index contributed by atoms with van der Waals surface area (Å²) >= 11 is 0. The average molecular weight is 296 g/mol. The second kappa shape index (κ2) is 5.99. The van der Waals surface area contributed by atoms with Crippen LogP contribution < -0.4 is 11.2 Å². The first-order valence-corrected chi connectivity index (χ1v) is 7.11. The van der Waals surface area contributed by atoms with Crippen molar-refractivity contribution >= 4 is 10.9 Å². The lowest BCUT2D eigenvalue weighted by Gasteiger charge is -2.12. The summed E-state index contributed by atoms with van der Waals surface area (Å²) in [7, 11) is 0. The van der Waals surface area contributed by atoms with E-state index in [1.807, 2.05) is 30.3 Å². The summed E-state index contributed by atoms with van der Waals surface area (Å²) in [5, 5.41) is 10.6. The van der Waals surface area contributed by atoms with Crippen LogP contribution in [-0.4, -0.2) is 14.7 Å². The molecule has 0 fully saturated rings. The van der Waals surface area contributed by atoms with Crippen LogP contribution in [0.4, 0.5) is 0 Å². The average Bonchev–Trinajstić information content (AvgIpc) is 2.55. The van der Waals surface area contributed by atoms with Gasteiger partial charge in [0.2, 0.25) is 0 Å². The second-order valence-electron chi connectivity index (χ2n) is 5.15. The van der Waals surface area contributed by atoms with Crippen LogP contribution in [0.1, 0.15) is 18.1 Å². The molecule has 5 heteroatoms. The first kappa shape index (κ1) is 14.3. The molecule has 2 aromatic carbocycles. The summed E-state index contributed by atoms with van der Waals surface area (Å²) in [4.78, 5) is 27.1. The van der Waals surface area contributed by atoms with Crippen LogP contribution in [0.5, 0.6) is 0 Å². The fraction of sp³-hybridized carbons (Fsp3) is 0.176. The Balaban J connectivity index is 1.88. The van der Waals surface area contributed by atoms with Gasteiger partial charge in [-0.05, 0) is 24.1 Å². The van der Waals surface area contributed by atoms with Crippen LogP contribution in [-0.2, 0) is 6.54 Å². The summed E-state index contributed by atoms with van der Waals surface area (Å²) in [6.45, 7) is 0.162. The number of nitrogens with zero attached hydrogens (tertiary/aromatic N) is 1. The number of fused-ring (bicyclic) bond motifs is 1. The third-order valence-electron chi connectivity index (χ3n) is 3.70. The van der Waals surface area contributed by atoms with Crippen molar-refractivity contribution in [3.8, 4) is 0 Å². The van der Waals surface area contributed by atoms with Gasteiger partial charge in [0.25, 0.3) is 5.56 Å². The predicted octanol–water partition coefficient (Wildman–Crippen LogP) is 1.81. The van der Waals surface area contributed by atoms with Gasteiger partial charge >= 0.3 is 5.69 Å². The molecule has 3 aromatic rings. The molecule has 0 saturated carbocycles. The first-order valence-electron chi connectivity index (χ1n) is 7.11. The number of para-hydroxylation sites is 1. The molecule has 0 aliphatic rings. The highest BCUT2D eigenvalue weighted by Crippen LogP contribution is 2.16. The molecule has 0 unspecified atom stereocenters. The molecular formula is C17H16N2O3. The van der Waals surface area contributed by atoms with Gasteiger partial charge in [-0.25, -0.2) is 4.79 Å². The molecule has 1 atom stereocenters. The van der Waals surface area contributed by atoms with Gasteiger partial charge < -0.3 is 10.1 Å². The molecule has 0 spiro atoms. The van der Waals surface area contributed by atoms with Crippen molar-refractivity contribution in [1.82, 2.24) is 9.55 Å². The number of hydrogen-bond acceptors (Lipinski definition) is 3. The third kappa shape index (κ3) is 2.71. The Kier molecular flexibility index (Phi) is 3.89. The van der Waals surface area contributed by atoms with Crippen molar-refractivity contribution in [3.05, 3.63) is 81.0 Å². The molecule has 0 aliphatic heterocycles. The van der Waals surface area contributed by atoms with Gasteiger partial charge in [0, 0.05) is 6.54 Å². The van der Waals surface area contributed by atoms with E-state index in [9.17, 15) is 14.7 Å². The maximum Gasteiger partial charge on any atom is 0.328 e. The molecule has 1 aromatic heterocycles. The minimum atomic E-state index is -0.709. The van der Waals surface area contributed by atoms with Gasteiger partial charge in [0.05, 0.1) is 17.0 Å². The number of aliphatic hydroxyl groups is 1. The Labute approximate surface area is 126 Å². The van der Waals surface area contributed by atoms with Crippen molar-refractivity contribution < 1.29 is 5.11 Å². The summed E-state index contributed by atoms with van der Waals surface area (Å²) in [6.07, 6.45) is -0.412. The van der Waals surface area contributed by atoms with E-state index >= 15 is 0 Å². The Hall–Kier alpha value is -2.66. The number of H-pyrrole nitrogens is 1. The van der Waals surface area contributed by atoms with Gasteiger partial charge in [0.1, 0.15) is 0 Å². The van der Waals surface area contributed by atoms with Gasteiger partial charge in [-0.15, -0.1) is 0 Å². The lowest BCUT2D eigenvalue weighted by molar-refractivity contribution is 0.160. The Morgan fingerprint density at radius 3 is 2.45 bits per heavy atom. The van der Waals surface area contributed by atoms with Crippen LogP contribution in [0.15, 0.2) is 64.2 Å². The lowest BCUT2D eigenvalue weighted by Crippen LogP contribution is -2.35. The van der Waals surface area contributed by atoms with E-state index in [1.54, 1.807) is 24.3 Å². The van der Waals surface area contributed by atoms with Crippen LogP contribution in [0.3, 0.4) is 0 Å². The minimum absolute atomic E-state index is 0.162. The number of aliphatic hydroxyl groups excluding tert-OH is 1. The monoisotopic (exact) mass is 296 g/mol. The van der Waals surface area contributed by atoms with Gasteiger partial charge in [-0.2, -0.15) is 0 Å². The zero-order valence-electron chi connectivity index (χ0n) is 11.9. The quantitative estimate of drug-likeness (QED) is 0.771. The normalized spacial score (nSPS) is 12.4. The van der Waals surface area contributed by atoms with Crippen molar-refractivity contribution in [3.63, 3.8) is 0 Å². The van der Waals surface area contributed by atoms with Gasteiger partial charge in [0.15, 0.2) is 0 Å². The fourth-order valence-corrected chi connectivity index (χ4v) is 2.50. The van der Waals surface area contributed by atoms with E-state index in [1.165, 1.54) is 0 Å².